The van der Waals surface area contributed by atoms with Crippen LogP contribution in [0.4, 0.5) is 43.4 Å². The molecule has 0 saturated heterocycles. The van der Waals surface area contributed by atoms with Crippen LogP contribution in [0.15, 0.2) is 65.6 Å². The molecule has 8 nitrogen and oxygen atoms in total. The Balaban J connectivity index is 2.10. The molecule has 208 valence electrons. The van der Waals surface area contributed by atoms with E-state index in [0.29, 0.717) is 34.1 Å². The van der Waals surface area contributed by atoms with E-state index >= 15 is 0 Å². The van der Waals surface area contributed by atoms with Crippen molar-refractivity contribution in [1.82, 2.24) is 0 Å². The number of hydrogen-bond acceptors (Lipinski definition) is 5. The summed E-state index contributed by atoms with van der Waals surface area (Å²) in [4.78, 5) is 22.4. The Kier molecular flexibility index (Phi) is 7.96. The van der Waals surface area contributed by atoms with Gasteiger partial charge in [0, 0.05) is 12.1 Å². The molecule has 0 aliphatic carbocycles. The molecule has 0 aliphatic rings. The predicted octanol–water partition coefficient (Wildman–Crippen LogP) is 6.08. The third-order valence-electron chi connectivity index (χ3n) is 5.45. The highest BCUT2D eigenvalue weighted by atomic mass is 32.2. The zero-order chi connectivity index (χ0) is 29.3. The highest BCUT2D eigenvalue weighted by Gasteiger charge is 2.37. The lowest BCUT2D eigenvalue weighted by atomic mass is 10.1. The van der Waals surface area contributed by atoms with Crippen molar-refractivity contribution in [3.63, 3.8) is 0 Å². The van der Waals surface area contributed by atoms with Crippen LogP contribution in [0.2, 0.25) is 0 Å². The third-order valence-corrected chi connectivity index (χ3v) is 7.37. The minimum Gasteiger partial charge on any atom is -0.324 e. The van der Waals surface area contributed by atoms with Gasteiger partial charge in [0.2, 0.25) is 5.91 Å². The van der Waals surface area contributed by atoms with Gasteiger partial charge < -0.3 is 5.32 Å². The molecule has 3 aromatic rings. The van der Waals surface area contributed by atoms with E-state index in [1.807, 2.05) is 5.32 Å². The molecule has 0 atom stereocenters. The van der Waals surface area contributed by atoms with Crippen LogP contribution < -0.4 is 9.62 Å². The summed E-state index contributed by atoms with van der Waals surface area (Å²) in [6.07, 6.45) is -10.0. The van der Waals surface area contributed by atoms with Crippen molar-refractivity contribution in [3.8, 4) is 0 Å². The maximum Gasteiger partial charge on any atom is 0.418 e. The molecule has 0 radical (unpaired) electrons. The molecule has 0 aliphatic heterocycles. The summed E-state index contributed by atoms with van der Waals surface area (Å²) in [6, 6.07) is 8.85. The molecule has 15 heteroatoms. The zero-order valence-corrected chi connectivity index (χ0v) is 20.9. The summed E-state index contributed by atoms with van der Waals surface area (Å²) < 4.78 is 108. The first-order chi connectivity index (χ1) is 17.9. The van der Waals surface area contributed by atoms with E-state index in [1.54, 1.807) is 13.0 Å². The minimum absolute atomic E-state index is 0.188. The number of carbonyl (C=O) groups excluding carboxylic acids is 1. The molecule has 0 bridgehead atoms. The Labute approximate surface area is 218 Å². The van der Waals surface area contributed by atoms with Crippen molar-refractivity contribution in [1.29, 1.82) is 0 Å². The Hall–Kier alpha value is -4.14. The maximum atomic E-state index is 13.6. The van der Waals surface area contributed by atoms with Gasteiger partial charge in [-0.05, 0) is 55.3 Å². The number of nitrogens with one attached hydrogen (secondary N) is 1. The van der Waals surface area contributed by atoms with Gasteiger partial charge in [-0.3, -0.25) is 19.2 Å². The number of nitrogens with zero attached hydrogens (tertiary/aromatic N) is 2. The lowest BCUT2D eigenvalue weighted by Crippen LogP contribution is -2.38. The summed E-state index contributed by atoms with van der Waals surface area (Å²) in [5.74, 6) is -1.35. The van der Waals surface area contributed by atoms with E-state index in [2.05, 4.69) is 0 Å². The van der Waals surface area contributed by atoms with Crippen molar-refractivity contribution >= 4 is 33.0 Å². The van der Waals surface area contributed by atoms with Gasteiger partial charge in [0.25, 0.3) is 15.7 Å². The number of carbonyl (C=O) groups is 1. The third kappa shape index (κ3) is 6.66. The van der Waals surface area contributed by atoms with Crippen LogP contribution in [0.5, 0.6) is 0 Å². The molecular formula is C24H19F6N3O5S. The molecule has 0 unspecified atom stereocenters. The molecule has 1 amide bonds. The minimum atomic E-state index is -5.14. The van der Waals surface area contributed by atoms with Gasteiger partial charge in [-0.25, -0.2) is 8.42 Å². The second kappa shape index (κ2) is 10.6. The molecule has 3 aromatic carbocycles. The van der Waals surface area contributed by atoms with E-state index in [4.69, 9.17) is 0 Å². The van der Waals surface area contributed by atoms with Gasteiger partial charge in [0.15, 0.2) is 0 Å². The van der Waals surface area contributed by atoms with Crippen molar-refractivity contribution in [2.45, 2.75) is 31.1 Å². The SMILES string of the molecule is Cc1ccc(C)c(S(=O)(=O)N(CC(=O)Nc2ccc([N+](=O)[O-])cc2C(F)(F)F)c2cccc(C(F)(F)F)c2)c1. The van der Waals surface area contributed by atoms with Crippen molar-refractivity contribution in [2.75, 3.05) is 16.2 Å². The largest absolute Gasteiger partial charge is 0.418 e. The number of nitro benzene ring substituents is 1. The molecule has 0 fully saturated rings. The molecule has 0 spiro atoms. The Bertz CT molecular complexity index is 1540. The van der Waals surface area contributed by atoms with Gasteiger partial charge in [-0.2, -0.15) is 26.3 Å². The molecule has 1 N–H and O–H groups in total. The average Bonchev–Trinajstić information content (AvgIpc) is 2.82. The zero-order valence-electron chi connectivity index (χ0n) is 20.1. The van der Waals surface area contributed by atoms with Crippen molar-refractivity contribution in [2.24, 2.45) is 0 Å². The summed E-state index contributed by atoms with van der Waals surface area (Å²) in [7, 11) is -4.72. The fourth-order valence-corrected chi connectivity index (χ4v) is 5.29. The predicted molar refractivity (Wildman–Crippen MR) is 129 cm³/mol. The van der Waals surface area contributed by atoms with Crippen LogP contribution in [0.1, 0.15) is 22.3 Å². The summed E-state index contributed by atoms with van der Waals surface area (Å²) in [5.41, 5.74) is -4.51. The fourth-order valence-electron chi connectivity index (χ4n) is 3.57. The average molecular weight is 575 g/mol. The molecule has 39 heavy (non-hydrogen) atoms. The van der Waals surface area contributed by atoms with Gasteiger partial charge >= 0.3 is 12.4 Å². The number of amides is 1. The first-order valence-corrected chi connectivity index (χ1v) is 12.3. The van der Waals surface area contributed by atoms with E-state index in [9.17, 15) is 49.7 Å². The Morgan fingerprint density at radius 1 is 0.949 bits per heavy atom. The lowest BCUT2D eigenvalue weighted by Gasteiger charge is -2.26. The fraction of sp³-hybridized carbons (Fsp3) is 0.208. The standard InChI is InChI=1S/C24H19F6N3O5S/c1-14-6-7-15(2)21(10-14)39(37,38)32(17-5-3-4-16(11-17)23(25,26)27)13-22(34)31-20-9-8-18(33(35)36)12-19(20)24(28,29)30/h3-12H,13H2,1-2H3,(H,31,34). The normalized spacial score (nSPS) is 12.2. The first-order valence-electron chi connectivity index (χ1n) is 10.8. The van der Waals surface area contributed by atoms with Crippen LogP contribution >= 0.6 is 0 Å². The number of halogens is 6. The van der Waals surface area contributed by atoms with Crippen molar-refractivity contribution < 1.29 is 44.5 Å². The van der Waals surface area contributed by atoms with Crippen LogP contribution in [0.3, 0.4) is 0 Å². The van der Waals surface area contributed by atoms with Crippen LogP contribution in [0.25, 0.3) is 0 Å². The number of benzene rings is 3. The number of rotatable bonds is 7. The molecule has 0 heterocycles. The number of aryl methyl sites for hydroxylation is 2. The lowest BCUT2D eigenvalue weighted by molar-refractivity contribution is -0.385. The maximum absolute atomic E-state index is 13.6. The number of alkyl halides is 6. The van der Waals surface area contributed by atoms with E-state index in [0.717, 1.165) is 12.1 Å². The molecule has 0 saturated carbocycles. The Morgan fingerprint density at radius 2 is 1.62 bits per heavy atom. The summed E-state index contributed by atoms with van der Waals surface area (Å²) in [6.45, 7) is 1.77. The van der Waals surface area contributed by atoms with Crippen LogP contribution in [0, 0.1) is 24.0 Å². The number of non-ortho nitro benzene ring substituents is 1. The van der Waals surface area contributed by atoms with Crippen LogP contribution in [-0.2, 0) is 27.2 Å². The first kappa shape index (κ1) is 29.4. The number of anilines is 2. The molecule has 0 aromatic heterocycles. The monoisotopic (exact) mass is 575 g/mol. The quantitative estimate of drug-likeness (QED) is 0.209. The Morgan fingerprint density at radius 3 is 2.21 bits per heavy atom. The van der Waals surface area contributed by atoms with E-state index in [1.165, 1.54) is 19.1 Å². The summed E-state index contributed by atoms with van der Waals surface area (Å²) >= 11 is 0. The van der Waals surface area contributed by atoms with Crippen LogP contribution in [-0.4, -0.2) is 25.8 Å². The van der Waals surface area contributed by atoms with Crippen molar-refractivity contribution in [3.05, 3.63) is 93.0 Å². The van der Waals surface area contributed by atoms with Gasteiger partial charge in [0.1, 0.15) is 6.54 Å². The smallest absolute Gasteiger partial charge is 0.324 e. The topological polar surface area (TPSA) is 110 Å². The number of hydrogen-bond donors (Lipinski definition) is 1. The van der Waals surface area contributed by atoms with Gasteiger partial charge in [0.05, 0.1) is 32.3 Å². The van der Waals surface area contributed by atoms with Gasteiger partial charge in [-0.15, -0.1) is 0 Å². The van der Waals surface area contributed by atoms with E-state index < -0.39 is 67.9 Å². The second-order valence-corrected chi connectivity index (χ2v) is 10.2. The molecular weight excluding hydrogens is 556 g/mol. The van der Waals surface area contributed by atoms with Gasteiger partial charge in [-0.1, -0.05) is 18.2 Å². The second-order valence-electron chi connectivity index (χ2n) is 8.36. The summed E-state index contributed by atoms with van der Waals surface area (Å²) in [5, 5.41) is 12.8. The highest BCUT2D eigenvalue weighted by molar-refractivity contribution is 7.93. The highest BCUT2D eigenvalue weighted by Crippen LogP contribution is 2.38. The van der Waals surface area contributed by atoms with E-state index in [-0.39, 0.29) is 16.5 Å². The molecule has 3 rings (SSSR count). The number of sulfonamides is 1. The number of nitro groups is 1.